The van der Waals surface area contributed by atoms with Crippen molar-refractivity contribution in [3.05, 3.63) is 111 Å². The number of nitrogens with zero attached hydrogens (tertiary/aromatic N) is 2. The van der Waals surface area contributed by atoms with E-state index < -0.39 is 82.2 Å². The number of nitrogens with one attached hydrogen (secondary N) is 2. The van der Waals surface area contributed by atoms with Gasteiger partial charge in [-0.3, -0.25) is 14.6 Å². The number of amides is 1. The minimum atomic E-state index is -5.11. The molecule has 0 spiro atoms. The van der Waals surface area contributed by atoms with Crippen LogP contribution in [0.5, 0.6) is 0 Å². The summed E-state index contributed by atoms with van der Waals surface area (Å²) in [6, 6.07) is 11.0. The standard InChI is InChI=1S/C37H30F7N5O3/c1-35(2,52)10-8-21-6-7-24(22-4-3-5-25-23(22)9-11-46-34(25)51)31(48-21)28(14-18-12-19(38)15-20(39)13-18)49-29(50)17-47-33-30(32(45)37(42,43)44)26-16-27(26)36(33,40)41/h3-7,9,11-13,15,26-28,52H,14,16-17,45H2,1-2H3,(H,46,51)(H,49,50)/t26-,27+,28?/m0/s1. The van der Waals surface area contributed by atoms with Gasteiger partial charge in [-0.1, -0.05) is 18.1 Å². The Kier molecular flexibility index (Phi) is 9.25. The highest BCUT2D eigenvalue weighted by molar-refractivity contribution is 6.11. The van der Waals surface area contributed by atoms with Crippen LogP contribution >= 0.6 is 0 Å². The van der Waals surface area contributed by atoms with E-state index in [-0.39, 0.29) is 29.8 Å². The summed E-state index contributed by atoms with van der Waals surface area (Å²) in [5.41, 5.74) is 0.690. The molecular weight excluding hydrogens is 695 g/mol. The van der Waals surface area contributed by atoms with Gasteiger partial charge in [-0.15, -0.1) is 0 Å². The van der Waals surface area contributed by atoms with Gasteiger partial charge in [-0.2, -0.15) is 22.0 Å². The first-order valence-corrected chi connectivity index (χ1v) is 15.9. The molecule has 0 bridgehead atoms. The first kappa shape index (κ1) is 36.3. The van der Waals surface area contributed by atoms with Crippen molar-refractivity contribution < 1.29 is 40.6 Å². The first-order chi connectivity index (χ1) is 24.3. The summed E-state index contributed by atoms with van der Waals surface area (Å²) in [6.45, 7) is 1.82. The fraction of sp³-hybridized carbons (Fsp3) is 0.297. The summed E-state index contributed by atoms with van der Waals surface area (Å²) in [7, 11) is 0. The van der Waals surface area contributed by atoms with Crippen LogP contribution in [0.4, 0.5) is 30.7 Å². The highest BCUT2D eigenvalue weighted by Gasteiger charge is 2.68. The predicted octanol–water partition coefficient (Wildman–Crippen LogP) is 5.89. The van der Waals surface area contributed by atoms with Crippen molar-refractivity contribution in [2.45, 2.75) is 50.4 Å². The summed E-state index contributed by atoms with van der Waals surface area (Å²) >= 11 is 0. The number of benzene rings is 2. The van der Waals surface area contributed by atoms with Crippen molar-refractivity contribution in [2.75, 3.05) is 6.54 Å². The third-order valence-corrected chi connectivity index (χ3v) is 8.73. The molecule has 8 nitrogen and oxygen atoms in total. The van der Waals surface area contributed by atoms with Crippen LogP contribution in [0.25, 0.3) is 21.9 Å². The number of rotatable bonds is 7. The Morgan fingerprint density at radius 3 is 2.48 bits per heavy atom. The maximum Gasteiger partial charge on any atom is 0.431 e. The highest BCUT2D eigenvalue weighted by atomic mass is 19.4. The van der Waals surface area contributed by atoms with Gasteiger partial charge in [0.15, 0.2) is 0 Å². The van der Waals surface area contributed by atoms with E-state index in [2.05, 4.69) is 32.1 Å². The normalized spacial score (nSPS) is 20.2. The number of aliphatic hydroxyl groups is 1. The number of carbonyl (C=O) groups is 1. The monoisotopic (exact) mass is 725 g/mol. The van der Waals surface area contributed by atoms with Crippen LogP contribution in [-0.4, -0.2) is 50.9 Å². The SMILES string of the molecule is CC(C)(O)C#Cc1ccc(-c2cccc3c(=O)[nH]ccc23)c(C(Cc2cc(F)cc(F)c2)NC(=O)CN=C2C(=C(N)C(F)(F)F)[C@H]3C[C@H]3C2(F)F)n1. The maximum atomic E-state index is 15.1. The van der Waals surface area contributed by atoms with Crippen molar-refractivity contribution >= 4 is 22.4 Å². The lowest BCUT2D eigenvalue weighted by Gasteiger charge is -2.23. The minimum Gasteiger partial charge on any atom is -0.394 e. The molecule has 0 radical (unpaired) electrons. The van der Waals surface area contributed by atoms with Crippen LogP contribution in [0.3, 0.4) is 0 Å². The number of alkyl halides is 5. The topological polar surface area (TPSA) is 133 Å². The Morgan fingerprint density at radius 1 is 1.10 bits per heavy atom. The fourth-order valence-electron chi connectivity index (χ4n) is 6.40. The lowest BCUT2D eigenvalue weighted by molar-refractivity contribution is -0.120. The molecule has 1 amide bonds. The van der Waals surface area contributed by atoms with E-state index in [9.17, 15) is 36.6 Å². The van der Waals surface area contributed by atoms with Crippen LogP contribution in [0.1, 0.15) is 43.3 Å². The van der Waals surface area contributed by atoms with Crippen LogP contribution in [0, 0.1) is 35.3 Å². The molecule has 15 heteroatoms. The van der Waals surface area contributed by atoms with Crippen molar-refractivity contribution in [1.29, 1.82) is 0 Å². The Labute approximate surface area is 291 Å². The molecule has 2 heterocycles. The van der Waals surface area contributed by atoms with E-state index in [0.717, 1.165) is 12.1 Å². The maximum absolute atomic E-state index is 15.1. The molecule has 5 N–H and O–H groups in total. The Bertz CT molecular complexity index is 2260. The quantitative estimate of drug-likeness (QED) is 0.139. The summed E-state index contributed by atoms with van der Waals surface area (Å²) in [6.07, 6.45) is -4.21. The molecule has 2 fully saturated rings. The molecule has 3 atom stereocenters. The Balaban J connectivity index is 1.47. The molecule has 2 aromatic carbocycles. The van der Waals surface area contributed by atoms with E-state index in [1.54, 1.807) is 30.3 Å². The van der Waals surface area contributed by atoms with Gasteiger partial charge in [0, 0.05) is 34.7 Å². The average molecular weight is 726 g/mol. The van der Waals surface area contributed by atoms with E-state index in [1.807, 2.05) is 0 Å². The number of aromatic nitrogens is 2. The van der Waals surface area contributed by atoms with Crippen LogP contribution in [0.2, 0.25) is 0 Å². The van der Waals surface area contributed by atoms with Gasteiger partial charge >= 0.3 is 6.18 Å². The van der Waals surface area contributed by atoms with Crippen molar-refractivity contribution in [1.82, 2.24) is 15.3 Å². The number of fused-ring (bicyclic) bond motifs is 2. The lowest BCUT2D eigenvalue weighted by atomic mass is 9.92. The summed E-state index contributed by atoms with van der Waals surface area (Å²) in [5, 5.41) is 13.6. The summed E-state index contributed by atoms with van der Waals surface area (Å²) in [5.74, 6) is -3.87. The van der Waals surface area contributed by atoms with Crippen molar-refractivity contribution in [3.8, 4) is 23.0 Å². The van der Waals surface area contributed by atoms with E-state index in [1.165, 1.54) is 26.1 Å². The summed E-state index contributed by atoms with van der Waals surface area (Å²) in [4.78, 5) is 37.0. The molecule has 0 aliphatic heterocycles. The lowest BCUT2D eigenvalue weighted by Crippen LogP contribution is -2.35. The highest BCUT2D eigenvalue weighted by Crippen LogP contribution is 2.62. The number of pyridine rings is 2. The molecule has 1 unspecified atom stereocenters. The minimum absolute atomic E-state index is 0.0507. The predicted molar refractivity (Wildman–Crippen MR) is 178 cm³/mol. The fourth-order valence-corrected chi connectivity index (χ4v) is 6.40. The smallest absolute Gasteiger partial charge is 0.394 e. The zero-order valence-corrected chi connectivity index (χ0v) is 27.5. The molecular formula is C37H30F7N5O3. The van der Waals surface area contributed by atoms with Gasteiger partial charge in [0.1, 0.15) is 40.9 Å². The molecule has 2 aromatic heterocycles. The van der Waals surface area contributed by atoms with Crippen LogP contribution in [0.15, 0.2) is 81.9 Å². The number of hydrogen-bond acceptors (Lipinski definition) is 6. The number of H-pyrrole nitrogens is 1. The molecule has 52 heavy (non-hydrogen) atoms. The number of aromatic amines is 1. The molecule has 2 aliphatic rings. The number of nitrogens with two attached hydrogens (primary N) is 1. The number of carbonyl (C=O) groups excluding carboxylic acids is 1. The van der Waals surface area contributed by atoms with Gasteiger partial charge in [0.25, 0.3) is 11.5 Å². The molecule has 2 saturated carbocycles. The largest absolute Gasteiger partial charge is 0.431 e. The van der Waals surface area contributed by atoms with E-state index in [4.69, 9.17) is 5.73 Å². The molecule has 0 saturated heterocycles. The number of aliphatic imine (C=N–C) groups is 1. The van der Waals surface area contributed by atoms with Gasteiger partial charge in [-0.25, -0.2) is 13.8 Å². The zero-order chi connectivity index (χ0) is 37.7. The van der Waals surface area contributed by atoms with Crippen molar-refractivity contribution in [3.63, 3.8) is 0 Å². The van der Waals surface area contributed by atoms with Gasteiger partial charge < -0.3 is 21.1 Å². The number of allylic oxidation sites excluding steroid dienone is 2. The molecule has 2 aliphatic carbocycles. The Morgan fingerprint density at radius 2 is 1.81 bits per heavy atom. The third-order valence-electron chi connectivity index (χ3n) is 8.73. The second-order valence-electron chi connectivity index (χ2n) is 13.2. The van der Waals surface area contributed by atoms with E-state index in [0.29, 0.717) is 28.0 Å². The second kappa shape index (κ2) is 13.2. The van der Waals surface area contributed by atoms with E-state index >= 15 is 8.78 Å². The number of halogens is 7. The molecule has 6 rings (SSSR count). The molecule has 270 valence electrons. The van der Waals surface area contributed by atoms with Gasteiger partial charge in [0.2, 0.25) is 5.91 Å². The molecule has 4 aromatic rings. The third kappa shape index (κ3) is 7.43. The van der Waals surface area contributed by atoms with Gasteiger partial charge in [-0.05, 0) is 91.4 Å². The Hall–Kier alpha value is -5.49. The number of hydrogen-bond donors (Lipinski definition) is 4. The zero-order valence-electron chi connectivity index (χ0n) is 27.5. The summed E-state index contributed by atoms with van der Waals surface area (Å²) < 4.78 is 99.6. The van der Waals surface area contributed by atoms with Crippen LogP contribution in [-0.2, 0) is 11.2 Å². The van der Waals surface area contributed by atoms with Crippen molar-refractivity contribution in [2.24, 2.45) is 22.6 Å². The van der Waals surface area contributed by atoms with Gasteiger partial charge in [0.05, 0.1) is 11.7 Å². The first-order valence-electron chi connectivity index (χ1n) is 15.9. The van der Waals surface area contributed by atoms with Crippen LogP contribution < -0.4 is 16.6 Å². The average Bonchev–Trinajstić information content (AvgIpc) is 3.82. The second-order valence-corrected chi connectivity index (χ2v) is 13.2.